The molecule has 0 bridgehead atoms. The van der Waals surface area contributed by atoms with Gasteiger partial charge in [-0.3, -0.25) is 0 Å². The van der Waals surface area contributed by atoms with Gasteiger partial charge in [0.1, 0.15) is 5.03 Å². The second-order valence-electron chi connectivity index (χ2n) is 3.91. The molecule has 1 aromatic heterocycles. The number of rotatable bonds is 4. The molecule has 0 radical (unpaired) electrons. The third-order valence-electron chi connectivity index (χ3n) is 2.64. The van der Waals surface area contributed by atoms with E-state index in [9.17, 15) is 9.28 Å². The maximum atomic E-state index is 14.1. The van der Waals surface area contributed by atoms with Crippen LogP contribution in [0.2, 0.25) is 5.02 Å². The molecule has 0 saturated heterocycles. The van der Waals surface area contributed by atoms with Crippen LogP contribution >= 0.6 is 46.6 Å². The van der Waals surface area contributed by atoms with Gasteiger partial charge in [0.15, 0.2) is 4.17 Å². The molecule has 21 heavy (non-hydrogen) atoms. The van der Waals surface area contributed by atoms with Gasteiger partial charge >= 0.3 is 5.97 Å². The maximum Gasteiger partial charge on any atom is 0.340 e. The number of benzene rings is 1. The summed E-state index contributed by atoms with van der Waals surface area (Å²) in [7, 11) is 1.22. The number of halogens is 4. The highest BCUT2D eigenvalue weighted by atomic mass is 35.5. The molecule has 0 saturated carbocycles. The normalized spacial score (nSPS) is 11.0. The Hall–Kier alpha value is -0.880. The largest absolute Gasteiger partial charge is 0.465 e. The van der Waals surface area contributed by atoms with E-state index in [1.165, 1.54) is 7.11 Å². The van der Waals surface area contributed by atoms with Crippen molar-refractivity contribution in [3.8, 4) is 11.1 Å². The highest BCUT2D eigenvalue weighted by Crippen LogP contribution is 2.40. The summed E-state index contributed by atoms with van der Waals surface area (Å²) in [6, 6.07) is 6.69. The van der Waals surface area contributed by atoms with Crippen molar-refractivity contribution in [2.75, 3.05) is 7.11 Å². The molecule has 1 aromatic carbocycles. The molecule has 0 aliphatic heterocycles. The average Bonchev–Trinajstić information content (AvgIpc) is 2.74. The number of thioether (sulfide) groups is 1. The summed E-state index contributed by atoms with van der Waals surface area (Å²) in [4.78, 5) is 12.1. The van der Waals surface area contributed by atoms with E-state index in [0.29, 0.717) is 20.9 Å². The lowest BCUT2D eigenvalue weighted by atomic mass is 10.0. The van der Waals surface area contributed by atoms with E-state index in [4.69, 9.17) is 34.8 Å². The van der Waals surface area contributed by atoms with Crippen LogP contribution in [0.15, 0.2) is 35.5 Å². The fourth-order valence-corrected chi connectivity index (χ4v) is 3.20. The van der Waals surface area contributed by atoms with E-state index in [2.05, 4.69) is 4.74 Å². The van der Waals surface area contributed by atoms with Crippen LogP contribution in [0.3, 0.4) is 0 Å². The highest BCUT2D eigenvalue weighted by Gasteiger charge is 2.25. The van der Waals surface area contributed by atoms with E-state index < -0.39 is 10.1 Å². The van der Waals surface area contributed by atoms with Crippen molar-refractivity contribution < 1.29 is 14.0 Å². The van der Waals surface area contributed by atoms with Crippen LogP contribution in [-0.4, -0.2) is 22.0 Å². The number of alkyl halides is 2. The van der Waals surface area contributed by atoms with Crippen molar-refractivity contribution in [2.45, 2.75) is 9.19 Å². The first-order valence-electron chi connectivity index (χ1n) is 5.64. The van der Waals surface area contributed by atoms with Crippen LogP contribution in [0.25, 0.3) is 11.1 Å². The van der Waals surface area contributed by atoms with E-state index in [0.717, 1.165) is 18.0 Å². The zero-order valence-electron chi connectivity index (χ0n) is 10.6. The van der Waals surface area contributed by atoms with Crippen LogP contribution in [0, 0.1) is 0 Å². The molecule has 0 spiro atoms. The Morgan fingerprint density at radius 2 is 2.14 bits per heavy atom. The maximum absolute atomic E-state index is 14.1. The number of hydrogen-bond acceptors (Lipinski definition) is 3. The predicted octanol–water partition coefficient (Wildman–Crippen LogP) is 5.18. The van der Waals surface area contributed by atoms with Crippen molar-refractivity contribution in [3.05, 3.63) is 41.0 Å². The summed E-state index contributed by atoms with van der Waals surface area (Å²) in [5, 5.41) is 0.562. The van der Waals surface area contributed by atoms with Gasteiger partial charge in [0, 0.05) is 10.6 Å². The van der Waals surface area contributed by atoms with Gasteiger partial charge in [-0.1, -0.05) is 63.2 Å². The zero-order chi connectivity index (χ0) is 15.6. The van der Waals surface area contributed by atoms with E-state index >= 15 is 0 Å². The number of methoxy groups -OCH3 is 1. The molecule has 0 atom stereocenters. The average molecular weight is 369 g/mol. The van der Waals surface area contributed by atoms with Crippen molar-refractivity contribution in [2.24, 2.45) is 0 Å². The number of nitrogens with zero attached hydrogens (tertiary/aromatic N) is 1. The molecular weight excluding hydrogens is 360 g/mol. The lowest BCUT2D eigenvalue weighted by Crippen LogP contribution is -2.01. The minimum Gasteiger partial charge on any atom is -0.465 e. The predicted molar refractivity (Wildman–Crippen MR) is 84.1 cm³/mol. The minimum absolute atomic E-state index is 0.0683. The Morgan fingerprint density at radius 3 is 2.71 bits per heavy atom. The standard InChI is InChI=1S/C13H9Cl3FNO2S/c1-20-12(19)9-6-18(17)11(21-13(15)16)10(9)7-3-2-4-8(14)5-7/h2-6,13H,1H3. The number of hydrogen-bond donors (Lipinski definition) is 0. The van der Waals surface area contributed by atoms with Crippen LogP contribution in [0.4, 0.5) is 4.48 Å². The van der Waals surface area contributed by atoms with Crippen LogP contribution in [0.1, 0.15) is 10.4 Å². The molecule has 2 aromatic rings. The Bertz CT molecular complexity index is 675. The van der Waals surface area contributed by atoms with Gasteiger partial charge in [-0.25, -0.2) is 4.79 Å². The second kappa shape index (κ2) is 6.92. The number of carbonyl (C=O) groups is 1. The molecule has 0 N–H and O–H groups in total. The van der Waals surface area contributed by atoms with E-state index in [1.54, 1.807) is 24.3 Å². The Labute approximate surface area is 139 Å². The molecule has 0 aliphatic carbocycles. The van der Waals surface area contributed by atoms with Crippen molar-refractivity contribution in [1.82, 2.24) is 4.79 Å². The van der Waals surface area contributed by atoms with Crippen LogP contribution in [-0.2, 0) is 4.74 Å². The lowest BCUT2D eigenvalue weighted by molar-refractivity contribution is 0.0601. The van der Waals surface area contributed by atoms with Crippen molar-refractivity contribution >= 4 is 52.5 Å². The first kappa shape index (κ1) is 16.5. The van der Waals surface area contributed by atoms with Crippen molar-refractivity contribution in [1.29, 1.82) is 0 Å². The topological polar surface area (TPSA) is 31.2 Å². The molecule has 0 amide bonds. The Morgan fingerprint density at radius 1 is 1.43 bits per heavy atom. The number of carbonyl (C=O) groups excluding carboxylic acids is 1. The van der Waals surface area contributed by atoms with Crippen LogP contribution in [0.5, 0.6) is 0 Å². The van der Waals surface area contributed by atoms with Gasteiger partial charge in [0.2, 0.25) is 0 Å². The Balaban J connectivity index is 2.66. The summed E-state index contributed by atoms with van der Waals surface area (Å²) in [6.07, 6.45) is 1.03. The second-order valence-corrected chi connectivity index (χ2v) is 7.06. The van der Waals surface area contributed by atoms with E-state index in [-0.39, 0.29) is 10.6 Å². The number of aromatic nitrogens is 1. The molecule has 8 heteroatoms. The van der Waals surface area contributed by atoms with Gasteiger partial charge in [-0.2, -0.15) is 4.79 Å². The van der Waals surface area contributed by atoms with Gasteiger partial charge in [-0.15, -0.1) is 0 Å². The summed E-state index contributed by atoms with van der Waals surface area (Å²) >= 11 is 18.2. The minimum atomic E-state index is -0.891. The smallest absolute Gasteiger partial charge is 0.340 e. The fourth-order valence-electron chi connectivity index (χ4n) is 1.84. The lowest BCUT2D eigenvalue weighted by Gasteiger charge is -2.08. The quantitative estimate of drug-likeness (QED) is 0.423. The monoisotopic (exact) mass is 367 g/mol. The summed E-state index contributed by atoms with van der Waals surface area (Å²) in [5.41, 5.74) is 0.970. The molecule has 2 rings (SSSR count). The first-order chi connectivity index (χ1) is 9.93. The van der Waals surface area contributed by atoms with Gasteiger partial charge < -0.3 is 4.74 Å². The molecular formula is C13H9Cl3FNO2S. The summed E-state index contributed by atoms with van der Waals surface area (Å²) in [5.74, 6) is -0.663. The number of esters is 1. The third-order valence-corrected chi connectivity index (χ3v) is 4.19. The first-order valence-corrected chi connectivity index (χ1v) is 7.77. The molecule has 112 valence electrons. The van der Waals surface area contributed by atoms with Gasteiger partial charge in [0.05, 0.1) is 18.9 Å². The number of ether oxygens (including phenoxy) is 1. The summed E-state index contributed by atoms with van der Waals surface area (Å²) in [6.45, 7) is 0. The highest BCUT2D eigenvalue weighted by molar-refractivity contribution is 8.02. The molecule has 1 heterocycles. The van der Waals surface area contributed by atoms with Gasteiger partial charge in [-0.05, 0) is 17.7 Å². The third kappa shape index (κ3) is 3.66. The zero-order valence-corrected chi connectivity index (χ0v) is 13.7. The Kier molecular flexibility index (Phi) is 5.43. The molecule has 0 aliphatic rings. The van der Waals surface area contributed by atoms with Crippen molar-refractivity contribution in [3.63, 3.8) is 0 Å². The van der Waals surface area contributed by atoms with Gasteiger partial charge in [0.25, 0.3) is 0 Å². The fraction of sp³-hybridized carbons (Fsp3) is 0.154. The molecule has 0 unspecified atom stereocenters. The van der Waals surface area contributed by atoms with Crippen LogP contribution < -0.4 is 0 Å². The van der Waals surface area contributed by atoms with E-state index in [1.807, 2.05) is 0 Å². The SMILES string of the molecule is COC(=O)c1cn(F)c(SC(Cl)Cl)c1-c1cccc(Cl)c1. The summed E-state index contributed by atoms with van der Waals surface area (Å²) < 4.78 is 17.8. The molecule has 0 fully saturated rings. The molecule has 3 nitrogen and oxygen atoms in total.